The highest BCUT2D eigenvalue weighted by Gasteiger charge is 2.42. The van der Waals surface area contributed by atoms with Gasteiger partial charge in [0.2, 0.25) is 0 Å². The van der Waals surface area contributed by atoms with Crippen molar-refractivity contribution in [1.82, 2.24) is 24.3 Å². The fourth-order valence-electron chi connectivity index (χ4n) is 4.40. The van der Waals surface area contributed by atoms with Gasteiger partial charge in [0.25, 0.3) is 0 Å². The van der Waals surface area contributed by atoms with Crippen molar-refractivity contribution >= 4 is 11.0 Å². The molecule has 5 nitrogen and oxygen atoms in total. The van der Waals surface area contributed by atoms with Crippen molar-refractivity contribution in [2.75, 3.05) is 0 Å². The van der Waals surface area contributed by atoms with Gasteiger partial charge in [0.1, 0.15) is 24.0 Å². The van der Waals surface area contributed by atoms with E-state index >= 15 is 0 Å². The summed E-state index contributed by atoms with van der Waals surface area (Å²) in [5.74, 6) is 1.46. The molecule has 122 valence electrons. The Kier molecular flexibility index (Phi) is 2.30. The average Bonchev–Trinajstić information content (AvgIpc) is 3.26. The first kappa shape index (κ1) is 13.3. The second-order valence-corrected chi connectivity index (χ2v) is 6.83. The van der Waals surface area contributed by atoms with Crippen molar-refractivity contribution in [1.29, 1.82) is 0 Å². The normalized spacial score (nSPS) is 20.2. The molecule has 2 aromatic heterocycles. The molecule has 6 heteroatoms. The zero-order valence-corrected chi connectivity index (χ0v) is 13.5. The average molecular weight is 331 g/mol. The Bertz CT molecular complexity index is 1170. The summed E-state index contributed by atoms with van der Waals surface area (Å²) in [4.78, 5) is 9.26. The number of nitrogens with zero attached hydrogens (tertiary/aromatic N) is 5. The molecule has 0 radical (unpaired) electrons. The topological polar surface area (TPSA) is 48.5 Å². The Hall–Kier alpha value is -3.02. The van der Waals surface area contributed by atoms with Crippen LogP contribution in [-0.4, -0.2) is 24.3 Å². The second kappa shape index (κ2) is 4.33. The third kappa shape index (κ3) is 1.54. The number of benzene rings is 2. The molecule has 2 atom stereocenters. The van der Waals surface area contributed by atoms with E-state index in [4.69, 9.17) is 4.98 Å². The smallest absolute Gasteiger partial charge is 0.159 e. The van der Waals surface area contributed by atoms with Gasteiger partial charge in [-0.2, -0.15) is 5.10 Å². The van der Waals surface area contributed by atoms with Crippen molar-refractivity contribution in [2.24, 2.45) is 0 Å². The van der Waals surface area contributed by atoms with Crippen LogP contribution in [0.15, 0.2) is 42.7 Å². The number of hydrogen-bond donors (Lipinski definition) is 0. The molecule has 2 bridgehead atoms. The van der Waals surface area contributed by atoms with Crippen LogP contribution >= 0.6 is 0 Å². The summed E-state index contributed by atoms with van der Waals surface area (Å²) >= 11 is 0. The highest BCUT2D eigenvalue weighted by molar-refractivity contribution is 5.79. The lowest BCUT2D eigenvalue weighted by atomic mass is 9.98. The van der Waals surface area contributed by atoms with Crippen LogP contribution in [0.4, 0.5) is 4.39 Å². The van der Waals surface area contributed by atoms with E-state index < -0.39 is 0 Å². The van der Waals surface area contributed by atoms with Crippen molar-refractivity contribution in [3.63, 3.8) is 0 Å². The summed E-state index contributed by atoms with van der Waals surface area (Å²) in [5.41, 5.74) is 4.69. The first-order valence-corrected chi connectivity index (χ1v) is 8.39. The highest BCUT2D eigenvalue weighted by Crippen LogP contribution is 2.49. The van der Waals surface area contributed by atoms with E-state index in [1.165, 1.54) is 11.6 Å². The third-order valence-corrected chi connectivity index (χ3v) is 5.42. The maximum Gasteiger partial charge on any atom is 0.159 e. The number of hydrogen-bond acceptors (Lipinski definition) is 3. The zero-order chi connectivity index (χ0) is 16.7. The zero-order valence-electron chi connectivity index (χ0n) is 13.5. The molecule has 0 N–H and O–H groups in total. The van der Waals surface area contributed by atoms with Crippen LogP contribution in [0.3, 0.4) is 0 Å². The summed E-state index contributed by atoms with van der Waals surface area (Å²) in [7, 11) is 0. The standard InChI is InChI=1S/C19H14FN5/c1-10-5-6-13-14(7-10)24-15-8-16(19(24)23-13)25-18(21-9-22-25)11-3-2-4-12(20)17(11)15/h2-7,9,15-16H,8H2,1H3/t15-,16-/m0/s1. The Morgan fingerprint density at radius 2 is 2.08 bits per heavy atom. The quantitative estimate of drug-likeness (QED) is 0.494. The van der Waals surface area contributed by atoms with Crippen LogP contribution in [0.2, 0.25) is 0 Å². The van der Waals surface area contributed by atoms with Crippen LogP contribution in [0.5, 0.6) is 0 Å². The van der Waals surface area contributed by atoms with E-state index in [1.807, 2.05) is 16.8 Å². The minimum atomic E-state index is -0.194. The molecule has 0 aliphatic carbocycles. The first-order valence-electron chi connectivity index (χ1n) is 8.39. The molecule has 4 aromatic rings. The van der Waals surface area contributed by atoms with Gasteiger partial charge in [-0.05, 0) is 30.7 Å². The Morgan fingerprint density at radius 3 is 3.00 bits per heavy atom. The lowest BCUT2D eigenvalue weighted by Gasteiger charge is -2.18. The number of aryl methyl sites for hydroxylation is 1. The minimum absolute atomic E-state index is 0.0259. The van der Waals surface area contributed by atoms with Gasteiger partial charge in [-0.1, -0.05) is 18.2 Å². The monoisotopic (exact) mass is 331 g/mol. The Morgan fingerprint density at radius 1 is 1.16 bits per heavy atom. The molecule has 0 saturated carbocycles. The van der Waals surface area contributed by atoms with Crippen molar-refractivity contribution < 1.29 is 4.39 Å². The van der Waals surface area contributed by atoms with E-state index in [0.717, 1.165) is 34.7 Å². The van der Waals surface area contributed by atoms with E-state index in [9.17, 15) is 4.39 Å². The van der Waals surface area contributed by atoms with Crippen LogP contribution in [-0.2, 0) is 0 Å². The summed E-state index contributed by atoms with van der Waals surface area (Å²) in [6.45, 7) is 2.07. The first-order chi connectivity index (χ1) is 12.2. The predicted octanol–water partition coefficient (Wildman–Crippen LogP) is 3.64. The molecule has 0 saturated heterocycles. The van der Waals surface area contributed by atoms with E-state index in [0.29, 0.717) is 5.56 Å². The van der Waals surface area contributed by atoms with E-state index in [1.54, 1.807) is 12.4 Å². The summed E-state index contributed by atoms with van der Waals surface area (Å²) in [6.07, 6.45) is 2.29. The van der Waals surface area contributed by atoms with Gasteiger partial charge in [0.15, 0.2) is 5.82 Å². The Balaban J connectivity index is 1.78. The van der Waals surface area contributed by atoms with Gasteiger partial charge in [0.05, 0.1) is 17.1 Å². The fraction of sp³-hybridized carbons (Fsp3) is 0.211. The van der Waals surface area contributed by atoms with Crippen LogP contribution in [0.25, 0.3) is 22.4 Å². The lowest BCUT2D eigenvalue weighted by Crippen LogP contribution is -2.13. The van der Waals surface area contributed by atoms with Crippen LogP contribution < -0.4 is 0 Å². The molecule has 0 unspecified atom stereocenters. The van der Waals surface area contributed by atoms with Gasteiger partial charge in [-0.25, -0.2) is 19.0 Å². The third-order valence-electron chi connectivity index (χ3n) is 5.42. The SMILES string of the molecule is Cc1ccc2nc3n(c2c1)[C@H]1C[C@@H]3n2ncnc2-c2cccc(F)c21. The number of aromatic nitrogens is 5. The molecule has 2 aliphatic rings. The minimum Gasteiger partial charge on any atom is -0.318 e. The van der Waals surface area contributed by atoms with Crippen molar-refractivity contribution in [3.8, 4) is 11.4 Å². The Labute approximate surface area is 142 Å². The molecular weight excluding hydrogens is 317 g/mol. The number of rotatable bonds is 0. The van der Waals surface area contributed by atoms with Crippen molar-refractivity contribution in [2.45, 2.75) is 25.4 Å². The summed E-state index contributed by atoms with van der Waals surface area (Å²) < 4.78 is 19.0. The number of imidazole rings is 1. The molecule has 0 spiro atoms. The van der Waals surface area contributed by atoms with Gasteiger partial charge in [-0.3, -0.25) is 0 Å². The number of fused-ring (bicyclic) bond motifs is 6. The van der Waals surface area contributed by atoms with E-state index in [2.05, 4.69) is 33.7 Å². The van der Waals surface area contributed by atoms with Crippen LogP contribution in [0.1, 0.15) is 35.5 Å². The number of halogens is 1. The van der Waals surface area contributed by atoms with Crippen LogP contribution in [0, 0.1) is 12.7 Å². The largest absolute Gasteiger partial charge is 0.318 e. The van der Waals surface area contributed by atoms with E-state index in [-0.39, 0.29) is 17.9 Å². The van der Waals surface area contributed by atoms with Crippen molar-refractivity contribution in [3.05, 3.63) is 65.5 Å². The second-order valence-electron chi connectivity index (χ2n) is 6.83. The fourth-order valence-corrected chi connectivity index (χ4v) is 4.40. The molecule has 4 heterocycles. The van der Waals surface area contributed by atoms with Gasteiger partial charge in [-0.15, -0.1) is 0 Å². The molecule has 6 rings (SSSR count). The summed E-state index contributed by atoms with van der Waals surface area (Å²) in [5, 5.41) is 4.44. The van der Waals surface area contributed by atoms with Gasteiger partial charge < -0.3 is 4.57 Å². The maximum absolute atomic E-state index is 14.9. The molecule has 0 amide bonds. The molecular formula is C19H14FN5. The lowest BCUT2D eigenvalue weighted by molar-refractivity contribution is 0.495. The summed E-state index contributed by atoms with van der Waals surface area (Å²) in [6, 6.07) is 11.3. The molecule has 25 heavy (non-hydrogen) atoms. The van der Waals surface area contributed by atoms with Gasteiger partial charge in [0, 0.05) is 17.5 Å². The maximum atomic E-state index is 14.9. The molecule has 2 aliphatic heterocycles. The highest BCUT2D eigenvalue weighted by atomic mass is 19.1. The molecule has 0 fully saturated rings. The predicted molar refractivity (Wildman–Crippen MR) is 90.8 cm³/mol. The van der Waals surface area contributed by atoms with Gasteiger partial charge >= 0.3 is 0 Å². The molecule has 2 aromatic carbocycles.